The average Bonchev–Trinajstić information content (AvgIpc) is 3.25. The monoisotopic (exact) mass is 490 g/mol. The fourth-order valence-corrected chi connectivity index (χ4v) is 6.11. The lowest BCUT2D eigenvalue weighted by atomic mass is 9.98. The van der Waals surface area contributed by atoms with Crippen molar-refractivity contribution in [1.82, 2.24) is 10.4 Å². The van der Waals surface area contributed by atoms with Gasteiger partial charge >= 0.3 is 6.09 Å². The number of cyclic esters (lactones) is 1. The van der Waals surface area contributed by atoms with Gasteiger partial charge in [0.15, 0.2) is 14.6 Å². The minimum Gasteiger partial charge on any atom is -0.492 e. The zero-order valence-corrected chi connectivity index (χ0v) is 19.2. The number of hydroxylamine groups is 1. The number of benzene rings is 2. The van der Waals surface area contributed by atoms with Crippen LogP contribution in [0.25, 0.3) is 0 Å². The van der Waals surface area contributed by atoms with Crippen LogP contribution < -0.4 is 10.2 Å². The molecule has 11 heteroatoms. The van der Waals surface area contributed by atoms with Crippen molar-refractivity contribution in [2.24, 2.45) is 0 Å². The molecule has 182 valence electrons. The van der Waals surface area contributed by atoms with Gasteiger partial charge in [-0.1, -0.05) is 30.3 Å². The van der Waals surface area contributed by atoms with Crippen LogP contribution in [0.4, 0.5) is 4.79 Å². The molecule has 2 N–H and O–H groups in total. The molecule has 2 amide bonds. The van der Waals surface area contributed by atoms with Crippen LogP contribution in [0.1, 0.15) is 24.5 Å². The van der Waals surface area contributed by atoms with Gasteiger partial charge in [0.25, 0.3) is 5.91 Å². The number of carbonyl (C=O) groups excluding carboxylic acids is 2. The predicted octanol–water partition coefficient (Wildman–Crippen LogP) is 2.09. The highest BCUT2D eigenvalue weighted by Crippen LogP contribution is 2.36. The van der Waals surface area contributed by atoms with Gasteiger partial charge in [0.05, 0.1) is 18.0 Å². The van der Waals surface area contributed by atoms with Gasteiger partial charge in [0.2, 0.25) is 0 Å². The van der Waals surface area contributed by atoms with E-state index in [1.807, 2.05) is 30.3 Å². The summed E-state index contributed by atoms with van der Waals surface area (Å²) in [5.41, 5.74) is 2.42. The maximum Gasteiger partial charge on any atom is 0.410 e. The number of hydrogen-bond acceptors (Lipinski definition) is 8. The summed E-state index contributed by atoms with van der Waals surface area (Å²) in [6.07, 6.45) is -0.860. The van der Waals surface area contributed by atoms with Crippen molar-refractivity contribution in [2.45, 2.75) is 28.6 Å². The minimum atomic E-state index is -4.10. The summed E-state index contributed by atoms with van der Waals surface area (Å²) in [7, 11) is -4.10. The summed E-state index contributed by atoms with van der Waals surface area (Å²) < 4.78 is 41.0. The quantitative estimate of drug-likeness (QED) is 0.425. The van der Waals surface area contributed by atoms with E-state index in [0.29, 0.717) is 18.8 Å². The third-order valence-corrected chi connectivity index (χ3v) is 8.67. The van der Waals surface area contributed by atoms with E-state index in [1.54, 1.807) is 4.90 Å². The standard InChI is InChI=1S/C23H26N2O8S/c26-21(24-28)23(10-13-31-14-11-23)34(29,30)19-8-6-18(7-9-19)32-15-12-25-16-20(33-22(25)27)17-4-2-1-3-5-17/h1-9,20,28H,10-16H2,(H,24,26). The van der Waals surface area contributed by atoms with Crippen LogP contribution >= 0.6 is 0 Å². The molecule has 2 aliphatic rings. The highest BCUT2D eigenvalue weighted by atomic mass is 32.2. The van der Waals surface area contributed by atoms with Crippen molar-refractivity contribution in [3.63, 3.8) is 0 Å². The summed E-state index contributed by atoms with van der Waals surface area (Å²) in [5, 5.41) is 9.13. The fourth-order valence-electron chi connectivity index (χ4n) is 4.17. The first-order valence-electron chi connectivity index (χ1n) is 10.9. The third-order valence-electron chi connectivity index (χ3n) is 6.15. The van der Waals surface area contributed by atoms with E-state index >= 15 is 0 Å². The Kier molecular flexibility index (Phi) is 7.05. The van der Waals surface area contributed by atoms with E-state index in [4.69, 9.17) is 19.4 Å². The number of hydrogen-bond donors (Lipinski definition) is 2. The van der Waals surface area contributed by atoms with Crippen LogP contribution in [0.2, 0.25) is 0 Å². The SMILES string of the molecule is O=C1OC(c2ccccc2)CN1CCOc1ccc(S(=O)(=O)C2(C(=O)NO)CCOCC2)cc1. The number of ether oxygens (including phenoxy) is 3. The molecule has 10 nitrogen and oxygen atoms in total. The van der Waals surface area contributed by atoms with E-state index in [0.717, 1.165) is 5.56 Å². The van der Waals surface area contributed by atoms with Crippen LogP contribution in [0, 0.1) is 0 Å². The Labute approximate surface area is 197 Å². The van der Waals surface area contributed by atoms with Gasteiger partial charge < -0.3 is 19.1 Å². The van der Waals surface area contributed by atoms with E-state index < -0.39 is 26.6 Å². The topological polar surface area (TPSA) is 131 Å². The van der Waals surface area contributed by atoms with Crippen molar-refractivity contribution in [1.29, 1.82) is 0 Å². The minimum absolute atomic E-state index is 0.0563. The lowest BCUT2D eigenvalue weighted by Gasteiger charge is -2.34. The average molecular weight is 491 g/mol. The second-order valence-corrected chi connectivity index (χ2v) is 10.4. The molecule has 4 rings (SSSR count). The van der Waals surface area contributed by atoms with Gasteiger partial charge in [0.1, 0.15) is 18.5 Å². The maximum absolute atomic E-state index is 13.3. The van der Waals surface area contributed by atoms with Gasteiger partial charge in [0, 0.05) is 13.2 Å². The maximum atomic E-state index is 13.3. The molecule has 0 saturated carbocycles. The molecule has 2 aromatic rings. The molecule has 0 spiro atoms. The van der Waals surface area contributed by atoms with Gasteiger partial charge in [-0.2, -0.15) is 0 Å². The number of carbonyl (C=O) groups is 2. The second-order valence-electron chi connectivity index (χ2n) is 8.10. The van der Waals surface area contributed by atoms with Crippen molar-refractivity contribution in [2.75, 3.05) is 32.9 Å². The fraction of sp³-hybridized carbons (Fsp3) is 0.391. The molecule has 34 heavy (non-hydrogen) atoms. The Balaban J connectivity index is 1.37. The summed E-state index contributed by atoms with van der Waals surface area (Å²) in [6, 6.07) is 15.2. The van der Waals surface area contributed by atoms with Crippen LogP contribution in [-0.4, -0.2) is 68.2 Å². The van der Waals surface area contributed by atoms with Crippen molar-refractivity contribution >= 4 is 21.8 Å². The molecular weight excluding hydrogens is 464 g/mol. The van der Waals surface area contributed by atoms with Gasteiger partial charge in [-0.3, -0.25) is 10.0 Å². The van der Waals surface area contributed by atoms with E-state index in [9.17, 15) is 18.0 Å². The number of nitrogens with one attached hydrogen (secondary N) is 1. The Morgan fingerprint density at radius 2 is 1.79 bits per heavy atom. The van der Waals surface area contributed by atoms with Crippen molar-refractivity contribution in [3.05, 3.63) is 60.2 Å². The van der Waals surface area contributed by atoms with Gasteiger partial charge in [-0.05, 0) is 42.7 Å². The molecule has 2 saturated heterocycles. The first kappa shape index (κ1) is 24.0. The number of rotatable bonds is 8. The Bertz CT molecular complexity index is 1120. The predicted molar refractivity (Wildman–Crippen MR) is 119 cm³/mol. The molecule has 2 aromatic carbocycles. The molecular formula is C23H26N2O8S. The summed E-state index contributed by atoms with van der Waals surface area (Å²) in [6.45, 7) is 1.11. The molecule has 0 radical (unpaired) electrons. The molecule has 1 atom stereocenters. The number of sulfone groups is 1. The first-order valence-corrected chi connectivity index (χ1v) is 12.4. The lowest BCUT2D eigenvalue weighted by molar-refractivity contribution is -0.134. The Hall–Kier alpha value is -3.15. The van der Waals surface area contributed by atoms with Gasteiger partial charge in [-0.15, -0.1) is 0 Å². The zero-order valence-electron chi connectivity index (χ0n) is 18.4. The van der Waals surface area contributed by atoms with Gasteiger partial charge in [-0.25, -0.2) is 18.7 Å². The van der Waals surface area contributed by atoms with Crippen LogP contribution in [-0.2, 0) is 24.1 Å². The first-order chi connectivity index (χ1) is 16.4. The molecule has 0 bridgehead atoms. The van der Waals surface area contributed by atoms with Crippen LogP contribution in [0.3, 0.4) is 0 Å². The lowest BCUT2D eigenvalue weighted by Crippen LogP contribution is -2.54. The van der Waals surface area contributed by atoms with E-state index in [1.165, 1.54) is 29.7 Å². The molecule has 2 heterocycles. The zero-order chi connectivity index (χ0) is 24.2. The smallest absolute Gasteiger partial charge is 0.410 e. The largest absolute Gasteiger partial charge is 0.492 e. The van der Waals surface area contributed by atoms with Crippen molar-refractivity contribution < 1.29 is 37.4 Å². The molecule has 0 aliphatic carbocycles. The Morgan fingerprint density at radius 1 is 1.12 bits per heavy atom. The Morgan fingerprint density at radius 3 is 2.44 bits per heavy atom. The molecule has 2 fully saturated rings. The molecule has 1 unspecified atom stereocenters. The summed E-state index contributed by atoms with van der Waals surface area (Å²) >= 11 is 0. The van der Waals surface area contributed by atoms with Crippen LogP contribution in [0.15, 0.2) is 59.5 Å². The van der Waals surface area contributed by atoms with Crippen molar-refractivity contribution in [3.8, 4) is 5.75 Å². The summed E-state index contributed by atoms with van der Waals surface area (Å²) in [5.74, 6) is -0.554. The number of nitrogens with zero attached hydrogens (tertiary/aromatic N) is 1. The second kappa shape index (κ2) is 10.00. The number of amides is 2. The molecule has 0 aromatic heterocycles. The normalized spacial score (nSPS) is 20.0. The third kappa shape index (κ3) is 4.59. The highest BCUT2D eigenvalue weighted by Gasteiger charge is 2.52. The molecule has 2 aliphatic heterocycles. The highest BCUT2D eigenvalue weighted by molar-refractivity contribution is 7.93. The van der Waals surface area contributed by atoms with Crippen LogP contribution in [0.5, 0.6) is 5.75 Å². The van der Waals surface area contributed by atoms with E-state index in [-0.39, 0.29) is 43.7 Å². The van der Waals surface area contributed by atoms with E-state index in [2.05, 4.69) is 0 Å². The summed E-state index contributed by atoms with van der Waals surface area (Å²) in [4.78, 5) is 26.0.